The van der Waals surface area contributed by atoms with Gasteiger partial charge >= 0.3 is 5.76 Å². The van der Waals surface area contributed by atoms with Crippen molar-refractivity contribution in [2.45, 2.75) is 45.1 Å². The number of oxazole rings is 1. The van der Waals surface area contributed by atoms with Crippen molar-refractivity contribution in [3.8, 4) is 0 Å². The number of benzene rings is 1. The molecule has 10 nitrogen and oxygen atoms in total. The summed E-state index contributed by atoms with van der Waals surface area (Å²) in [5.74, 6) is 1.22. The molecule has 2 fully saturated rings. The van der Waals surface area contributed by atoms with E-state index in [0.29, 0.717) is 29.2 Å². The molecular formula is C26H28N6O4. The molecule has 2 atom stereocenters. The van der Waals surface area contributed by atoms with E-state index >= 15 is 0 Å². The maximum absolute atomic E-state index is 13.1. The standard InChI is InChI=1S/C26H28N6O4/c33-24(28-14-18-3-4-22-19(12-18)31-26(35)36-22)20-13-21(32-23(30-20)6-8-29-32)25(34)27-7-5-17-10-15-1-2-16(9-15)11-17/h3-4,6,8,12-13,15-17H,1-2,5,7,9-11,14H2,(H,27,34)(H,28,33)(H,31,35). The fourth-order valence-electron chi connectivity index (χ4n) is 5.93. The first-order chi connectivity index (χ1) is 17.5. The first-order valence-corrected chi connectivity index (χ1v) is 12.5. The molecule has 10 heteroatoms. The number of hydrogen-bond acceptors (Lipinski definition) is 6. The highest BCUT2D eigenvalue weighted by Crippen LogP contribution is 2.45. The van der Waals surface area contributed by atoms with Gasteiger partial charge in [-0.3, -0.25) is 14.6 Å². The lowest BCUT2D eigenvalue weighted by molar-refractivity contribution is 0.0941. The number of carbonyl (C=O) groups is 2. The van der Waals surface area contributed by atoms with Crippen molar-refractivity contribution in [2.24, 2.45) is 17.8 Å². The summed E-state index contributed by atoms with van der Waals surface area (Å²) in [5.41, 5.74) is 2.63. The number of carbonyl (C=O) groups excluding carboxylic acids is 2. The van der Waals surface area contributed by atoms with Crippen LogP contribution in [0.25, 0.3) is 16.7 Å². The Hall–Kier alpha value is -3.95. The molecular weight excluding hydrogens is 460 g/mol. The number of aromatic nitrogens is 4. The number of nitrogens with one attached hydrogen (secondary N) is 3. The molecule has 0 spiro atoms. The van der Waals surface area contributed by atoms with Crippen LogP contribution in [-0.2, 0) is 6.54 Å². The van der Waals surface area contributed by atoms with E-state index in [1.807, 2.05) is 0 Å². The van der Waals surface area contributed by atoms with Gasteiger partial charge in [-0.05, 0) is 61.1 Å². The summed E-state index contributed by atoms with van der Waals surface area (Å²) in [6.07, 6.45) is 9.21. The van der Waals surface area contributed by atoms with Gasteiger partial charge in [-0.1, -0.05) is 18.9 Å². The predicted molar refractivity (Wildman–Crippen MR) is 131 cm³/mol. The van der Waals surface area contributed by atoms with Crippen LogP contribution in [0.5, 0.6) is 0 Å². The molecule has 3 heterocycles. The lowest BCUT2D eigenvalue weighted by Crippen LogP contribution is -2.30. The summed E-state index contributed by atoms with van der Waals surface area (Å²) in [6, 6.07) is 8.32. The Morgan fingerprint density at radius 3 is 2.72 bits per heavy atom. The highest BCUT2D eigenvalue weighted by atomic mass is 16.4. The van der Waals surface area contributed by atoms with Crippen molar-refractivity contribution in [1.29, 1.82) is 0 Å². The van der Waals surface area contributed by atoms with Gasteiger partial charge < -0.3 is 15.1 Å². The molecule has 1 aromatic carbocycles. The average Bonchev–Trinajstić information content (AvgIpc) is 3.58. The number of amides is 2. The van der Waals surface area contributed by atoms with Gasteiger partial charge in [0, 0.05) is 25.2 Å². The number of H-pyrrole nitrogens is 1. The first-order valence-electron chi connectivity index (χ1n) is 12.5. The van der Waals surface area contributed by atoms with E-state index in [2.05, 4.69) is 25.7 Å². The molecule has 0 radical (unpaired) electrons. The third-order valence-electron chi connectivity index (χ3n) is 7.58. The number of fused-ring (bicyclic) bond motifs is 4. The quantitative estimate of drug-likeness (QED) is 0.366. The Labute approximate surface area is 206 Å². The van der Waals surface area contributed by atoms with Crippen LogP contribution in [0.15, 0.2) is 45.7 Å². The molecule has 4 aromatic rings. The van der Waals surface area contributed by atoms with Gasteiger partial charge in [-0.2, -0.15) is 5.10 Å². The monoisotopic (exact) mass is 488 g/mol. The molecule has 3 N–H and O–H groups in total. The molecule has 36 heavy (non-hydrogen) atoms. The van der Waals surface area contributed by atoms with Crippen LogP contribution >= 0.6 is 0 Å². The topological polar surface area (TPSA) is 134 Å². The van der Waals surface area contributed by atoms with E-state index in [0.717, 1.165) is 23.8 Å². The zero-order chi connectivity index (χ0) is 24.6. The molecule has 2 saturated carbocycles. The maximum atomic E-state index is 13.1. The molecule has 2 aliphatic rings. The van der Waals surface area contributed by atoms with Gasteiger partial charge in [-0.25, -0.2) is 14.3 Å². The number of nitrogens with zero attached hydrogens (tertiary/aromatic N) is 3. The molecule has 2 aliphatic carbocycles. The molecule has 186 valence electrons. The van der Waals surface area contributed by atoms with Crippen LogP contribution in [0.3, 0.4) is 0 Å². The van der Waals surface area contributed by atoms with Crippen molar-refractivity contribution in [2.75, 3.05) is 6.54 Å². The van der Waals surface area contributed by atoms with E-state index in [1.54, 1.807) is 30.5 Å². The third-order valence-corrected chi connectivity index (χ3v) is 7.58. The normalized spacial score (nSPS) is 21.2. The van der Waals surface area contributed by atoms with Crippen molar-refractivity contribution >= 4 is 28.6 Å². The molecule has 0 saturated heterocycles. The highest BCUT2D eigenvalue weighted by molar-refractivity contribution is 5.98. The molecule has 2 amide bonds. The van der Waals surface area contributed by atoms with Crippen molar-refractivity contribution in [1.82, 2.24) is 30.2 Å². The van der Waals surface area contributed by atoms with Crippen molar-refractivity contribution in [3.63, 3.8) is 0 Å². The van der Waals surface area contributed by atoms with Crippen molar-refractivity contribution < 1.29 is 14.0 Å². The fourth-order valence-corrected chi connectivity index (χ4v) is 5.93. The Balaban J connectivity index is 1.12. The highest BCUT2D eigenvalue weighted by Gasteiger charge is 2.33. The summed E-state index contributed by atoms with van der Waals surface area (Å²) >= 11 is 0. The maximum Gasteiger partial charge on any atom is 0.417 e. The molecule has 2 bridgehead atoms. The lowest BCUT2D eigenvalue weighted by atomic mass is 9.79. The van der Waals surface area contributed by atoms with Crippen molar-refractivity contribution in [3.05, 3.63) is 64.0 Å². The SMILES string of the molecule is O=C(NCc1ccc2oc(=O)[nH]c2c1)c1cc(C(=O)NCCC2CC3CCC(C2)C3)n2nccc2n1. The minimum absolute atomic E-state index is 0.134. The minimum atomic E-state index is -0.527. The van der Waals surface area contributed by atoms with Gasteiger partial charge in [0.1, 0.15) is 11.4 Å². The summed E-state index contributed by atoms with van der Waals surface area (Å²) < 4.78 is 6.46. The second-order valence-corrected chi connectivity index (χ2v) is 10.1. The third kappa shape index (κ3) is 4.50. The molecule has 6 rings (SSSR count). The second-order valence-electron chi connectivity index (χ2n) is 10.1. The van der Waals surface area contributed by atoms with E-state index < -0.39 is 11.7 Å². The minimum Gasteiger partial charge on any atom is -0.408 e. The average molecular weight is 489 g/mol. The van der Waals surface area contributed by atoms with Gasteiger partial charge in [-0.15, -0.1) is 0 Å². The van der Waals surface area contributed by atoms with E-state index in [4.69, 9.17) is 4.42 Å². The summed E-state index contributed by atoms with van der Waals surface area (Å²) in [7, 11) is 0. The molecule has 3 aromatic heterocycles. The summed E-state index contributed by atoms with van der Waals surface area (Å²) in [5, 5.41) is 10.1. The van der Waals surface area contributed by atoms with Crippen LogP contribution < -0.4 is 16.4 Å². The fraction of sp³-hybridized carbons (Fsp3) is 0.423. The van der Waals surface area contributed by atoms with Crippen LogP contribution in [-0.4, -0.2) is 37.9 Å². The number of aromatic amines is 1. The largest absolute Gasteiger partial charge is 0.417 e. The van der Waals surface area contributed by atoms with Crippen LogP contribution in [0.4, 0.5) is 0 Å². The van der Waals surface area contributed by atoms with Crippen LogP contribution in [0.1, 0.15) is 65.1 Å². The Morgan fingerprint density at radius 2 is 1.89 bits per heavy atom. The second kappa shape index (κ2) is 9.25. The Kier molecular flexibility index (Phi) is 5.79. The predicted octanol–water partition coefficient (Wildman–Crippen LogP) is 3.04. The van der Waals surface area contributed by atoms with E-state index in [-0.39, 0.29) is 23.8 Å². The zero-order valence-corrected chi connectivity index (χ0v) is 19.8. The van der Waals surface area contributed by atoms with Gasteiger partial charge in [0.05, 0.1) is 11.7 Å². The van der Waals surface area contributed by atoms with Crippen LogP contribution in [0.2, 0.25) is 0 Å². The van der Waals surface area contributed by atoms with E-state index in [1.165, 1.54) is 42.7 Å². The first kappa shape index (κ1) is 22.5. The number of hydrogen-bond donors (Lipinski definition) is 3. The summed E-state index contributed by atoms with van der Waals surface area (Å²) in [6.45, 7) is 0.827. The summed E-state index contributed by atoms with van der Waals surface area (Å²) in [4.78, 5) is 44.3. The lowest BCUT2D eigenvalue weighted by Gasteiger charge is -2.27. The zero-order valence-electron chi connectivity index (χ0n) is 19.8. The van der Waals surface area contributed by atoms with Gasteiger partial charge in [0.25, 0.3) is 11.8 Å². The van der Waals surface area contributed by atoms with Gasteiger partial charge in [0.2, 0.25) is 0 Å². The smallest absolute Gasteiger partial charge is 0.408 e. The van der Waals surface area contributed by atoms with Crippen LogP contribution in [0, 0.1) is 17.8 Å². The Morgan fingerprint density at radius 1 is 1.06 bits per heavy atom. The Bertz CT molecular complexity index is 1490. The molecule has 0 aliphatic heterocycles. The van der Waals surface area contributed by atoms with Gasteiger partial charge in [0.15, 0.2) is 11.2 Å². The molecule has 2 unspecified atom stereocenters. The van der Waals surface area contributed by atoms with E-state index in [9.17, 15) is 14.4 Å². The number of rotatable bonds is 7.